The first-order valence-corrected chi connectivity index (χ1v) is 6.61. The lowest BCUT2D eigenvalue weighted by molar-refractivity contribution is -0.0212. The zero-order valence-electron chi connectivity index (χ0n) is 12.4. The van der Waals surface area contributed by atoms with Gasteiger partial charge in [0.05, 0.1) is 11.7 Å². The van der Waals surface area contributed by atoms with Crippen LogP contribution in [0.3, 0.4) is 0 Å². The van der Waals surface area contributed by atoms with Crippen molar-refractivity contribution in [2.24, 2.45) is 0 Å². The lowest BCUT2D eigenvalue weighted by Crippen LogP contribution is -2.32. The van der Waals surface area contributed by atoms with Crippen molar-refractivity contribution >= 4 is 17.1 Å². The summed E-state index contributed by atoms with van der Waals surface area (Å²) in [7, 11) is 0. The topological polar surface area (TPSA) is 72.8 Å². The maximum Gasteiger partial charge on any atom is 0.339 e. The molecular weight excluding hydrogens is 260 g/mol. The molecule has 0 spiro atoms. The molecule has 0 saturated heterocycles. The molecular formula is C15H20O5. The van der Waals surface area contributed by atoms with Crippen molar-refractivity contribution in [2.75, 3.05) is 0 Å². The van der Waals surface area contributed by atoms with E-state index in [-0.39, 0.29) is 0 Å². The van der Waals surface area contributed by atoms with Crippen molar-refractivity contribution < 1.29 is 23.8 Å². The Hall–Kier alpha value is -1.75. The smallest absolute Gasteiger partial charge is 0.339 e. The number of rotatable bonds is 4. The average Bonchev–Trinajstić information content (AvgIpc) is 2.19. The molecule has 0 amide bonds. The summed E-state index contributed by atoms with van der Waals surface area (Å²) >= 11 is 0. The van der Waals surface area contributed by atoms with Crippen LogP contribution in [0, 0.1) is 13.8 Å². The minimum atomic E-state index is -0.732. The van der Waals surface area contributed by atoms with Crippen LogP contribution < -0.4 is 0 Å². The van der Waals surface area contributed by atoms with Crippen LogP contribution in [0.15, 0.2) is 15.2 Å². The molecule has 0 bridgehead atoms. The van der Waals surface area contributed by atoms with Gasteiger partial charge in [-0.25, -0.2) is 4.79 Å². The summed E-state index contributed by atoms with van der Waals surface area (Å²) in [5.41, 5.74) is 2.47. The van der Waals surface area contributed by atoms with Crippen LogP contribution in [0.4, 0.5) is 0 Å². The van der Waals surface area contributed by atoms with E-state index < -0.39 is 17.7 Å². The van der Waals surface area contributed by atoms with Gasteiger partial charge in [0.2, 0.25) is 11.2 Å². The van der Waals surface area contributed by atoms with Gasteiger partial charge in [-0.3, -0.25) is 9.15 Å². The van der Waals surface area contributed by atoms with Gasteiger partial charge in [-0.05, 0) is 46.2 Å². The second kappa shape index (κ2) is 4.98. The van der Waals surface area contributed by atoms with E-state index >= 15 is 0 Å². The molecule has 1 unspecified atom stereocenters. The quantitative estimate of drug-likeness (QED) is 0.686. The van der Waals surface area contributed by atoms with E-state index in [0.717, 1.165) is 5.56 Å². The van der Waals surface area contributed by atoms with Gasteiger partial charge in [0.1, 0.15) is 5.60 Å². The lowest BCUT2D eigenvalue weighted by atomic mass is 9.99. The number of hydrogen-bond acceptors (Lipinski definition) is 5. The predicted molar refractivity (Wildman–Crippen MR) is 73.7 cm³/mol. The van der Waals surface area contributed by atoms with E-state index in [0.29, 0.717) is 28.7 Å². The first-order chi connectivity index (χ1) is 9.21. The van der Waals surface area contributed by atoms with Crippen LogP contribution >= 0.6 is 0 Å². The standard InChI is InChI=1S/C15H20O5/c1-8-6-11-13(20-19-11)10(3)12(8)14(17)18-15(4,5)7-9(2)16/h6,9,16H,7H2,1-5H3. The third kappa shape index (κ3) is 2.72. The Morgan fingerprint density at radius 3 is 2.55 bits per heavy atom. The van der Waals surface area contributed by atoms with Crippen molar-refractivity contribution in [1.29, 1.82) is 0 Å². The monoisotopic (exact) mass is 280 g/mol. The van der Waals surface area contributed by atoms with Crippen LogP contribution in [-0.4, -0.2) is 22.8 Å². The zero-order chi connectivity index (χ0) is 15.1. The molecule has 1 heterocycles. The van der Waals surface area contributed by atoms with Crippen LogP contribution in [0.1, 0.15) is 48.7 Å². The minimum absolute atomic E-state index is 0.376. The summed E-state index contributed by atoms with van der Waals surface area (Å²) in [4.78, 5) is 12.4. The highest BCUT2D eigenvalue weighted by Gasteiger charge is 2.28. The summed E-state index contributed by atoms with van der Waals surface area (Å²) < 4.78 is 15.3. The van der Waals surface area contributed by atoms with Gasteiger partial charge in [0.25, 0.3) is 0 Å². The largest absolute Gasteiger partial charge is 0.456 e. The summed E-state index contributed by atoms with van der Waals surface area (Å²) in [6.45, 7) is 8.86. The number of benzene rings is 1. The molecule has 2 aromatic rings. The van der Waals surface area contributed by atoms with Gasteiger partial charge >= 0.3 is 5.97 Å². The van der Waals surface area contributed by atoms with Crippen molar-refractivity contribution in [3.05, 3.63) is 22.8 Å². The fraction of sp³-hybridized carbons (Fsp3) is 0.533. The fourth-order valence-corrected chi connectivity index (χ4v) is 2.52. The highest BCUT2D eigenvalue weighted by molar-refractivity contribution is 5.97. The van der Waals surface area contributed by atoms with Crippen LogP contribution in [0.25, 0.3) is 11.2 Å². The van der Waals surface area contributed by atoms with Crippen molar-refractivity contribution in [1.82, 2.24) is 0 Å². The molecule has 2 rings (SSSR count). The van der Waals surface area contributed by atoms with Gasteiger partial charge in [-0.1, -0.05) is 0 Å². The Labute approximate surface area is 117 Å². The van der Waals surface area contributed by atoms with E-state index in [2.05, 4.69) is 0 Å². The predicted octanol–water partition coefficient (Wildman–Crippen LogP) is 3.35. The number of esters is 1. The van der Waals surface area contributed by atoms with Crippen molar-refractivity contribution in [3.8, 4) is 0 Å². The number of carbonyl (C=O) groups is 1. The maximum absolute atomic E-state index is 12.4. The highest BCUT2D eigenvalue weighted by atomic mass is 17.0. The second-order valence-corrected chi connectivity index (χ2v) is 5.89. The minimum Gasteiger partial charge on any atom is -0.456 e. The molecule has 0 radical (unpaired) electrons. The first-order valence-electron chi connectivity index (χ1n) is 6.61. The molecule has 1 aromatic carbocycles. The van der Waals surface area contributed by atoms with Gasteiger partial charge in [-0.15, -0.1) is 0 Å². The summed E-state index contributed by atoms with van der Waals surface area (Å²) in [6, 6.07) is 1.75. The van der Waals surface area contributed by atoms with Gasteiger partial charge in [0.15, 0.2) is 0 Å². The van der Waals surface area contributed by atoms with E-state index in [1.807, 2.05) is 6.92 Å². The maximum atomic E-state index is 12.4. The molecule has 0 aliphatic carbocycles. The summed E-state index contributed by atoms with van der Waals surface area (Å²) in [5, 5.41) is 9.44. The van der Waals surface area contributed by atoms with Gasteiger partial charge in [0, 0.05) is 12.0 Å². The second-order valence-electron chi connectivity index (χ2n) is 5.89. The van der Waals surface area contributed by atoms with E-state index in [4.69, 9.17) is 13.9 Å². The summed E-state index contributed by atoms with van der Waals surface area (Å²) in [6.07, 6.45) is -0.157. The van der Waals surface area contributed by atoms with Crippen LogP contribution in [0.5, 0.6) is 0 Å². The number of carbonyl (C=O) groups excluding carboxylic acids is 1. The van der Waals surface area contributed by atoms with E-state index in [9.17, 15) is 9.90 Å². The Bertz CT molecular complexity index is 630. The highest BCUT2D eigenvalue weighted by Crippen LogP contribution is 2.30. The first kappa shape index (κ1) is 14.7. The fourth-order valence-electron chi connectivity index (χ4n) is 2.52. The average molecular weight is 280 g/mol. The Morgan fingerprint density at radius 2 is 2.05 bits per heavy atom. The number of hydrogen-bond donors (Lipinski definition) is 1. The van der Waals surface area contributed by atoms with E-state index in [1.165, 1.54) is 0 Å². The number of ether oxygens (including phenoxy) is 1. The molecule has 0 aliphatic heterocycles. The molecule has 1 aromatic heterocycles. The number of aliphatic hydroxyl groups is 1. The number of aliphatic hydroxyl groups excluding tert-OH is 1. The molecule has 1 N–H and O–H groups in total. The molecule has 0 saturated carbocycles. The molecule has 0 fully saturated rings. The summed E-state index contributed by atoms with van der Waals surface area (Å²) in [5.74, 6) is -0.413. The molecule has 110 valence electrons. The molecule has 1 atom stereocenters. The zero-order valence-corrected chi connectivity index (χ0v) is 12.4. The molecule has 5 heteroatoms. The third-order valence-electron chi connectivity index (χ3n) is 3.26. The lowest BCUT2D eigenvalue weighted by Gasteiger charge is -2.27. The molecule has 20 heavy (non-hydrogen) atoms. The van der Waals surface area contributed by atoms with Crippen molar-refractivity contribution in [3.63, 3.8) is 0 Å². The van der Waals surface area contributed by atoms with Crippen molar-refractivity contribution in [2.45, 2.75) is 52.7 Å². The number of fused-ring (bicyclic) bond motifs is 1. The van der Waals surface area contributed by atoms with E-state index in [1.54, 1.807) is 33.8 Å². The van der Waals surface area contributed by atoms with Crippen LogP contribution in [-0.2, 0) is 4.74 Å². The third-order valence-corrected chi connectivity index (χ3v) is 3.26. The van der Waals surface area contributed by atoms with Gasteiger partial charge < -0.3 is 9.84 Å². The normalized spacial score (nSPS) is 13.7. The molecule has 0 aliphatic rings. The SMILES string of the molecule is Cc1cc2ooc2c(C)c1C(=O)OC(C)(C)CC(C)O. The Morgan fingerprint density at radius 1 is 1.40 bits per heavy atom. The Kier molecular flexibility index (Phi) is 3.65. The molecule has 5 nitrogen and oxygen atoms in total. The Balaban J connectivity index is 2.28. The van der Waals surface area contributed by atoms with Crippen LogP contribution in [0.2, 0.25) is 0 Å². The van der Waals surface area contributed by atoms with Gasteiger partial charge in [-0.2, -0.15) is 0 Å². The number of aryl methyl sites for hydroxylation is 2.